The second-order valence-electron chi connectivity index (χ2n) is 13.6. The van der Waals surface area contributed by atoms with E-state index in [0.29, 0.717) is 17.3 Å². The number of carbonyl (C=O) groups excluding carboxylic acids is 1. The van der Waals surface area contributed by atoms with Crippen LogP contribution in [-0.4, -0.2) is 49.8 Å². The predicted molar refractivity (Wildman–Crippen MR) is 163 cm³/mol. The van der Waals surface area contributed by atoms with Gasteiger partial charge in [-0.05, 0) is 85.0 Å². The van der Waals surface area contributed by atoms with Crippen LogP contribution in [0.4, 0.5) is 5.69 Å². The van der Waals surface area contributed by atoms with Crippen LogP contribution >= 0.6 is 0 Å². The van der Waals surface area contributed by atoms with Gasteiger partial charge in [0.2, 0.25) is 0 Å². The molecule has 2 aliphatic carbocycles. The van der Waals surface area contributed by atoms with Crippen LogP contribution in [0.3, 0.4) is 0 Å². The van der Waals surface area contributed by atoms with Crippen molar-refractivity contribution in [3.8, 4) is 11.1 Å². The highest BCUT2D eigenvalue weighted by molar-refractivity contribution is 5.81. The van der Waals surface area contributed by atoms with Gasteiger partial charge in [-0.3, -0.25) is 4.79 Å². The molecule has 9 nitrogen and oxygen atoms in total. The number of hydrogen-bond acceptors (Lipinski definition) is 8. The first-order valence-corrected chi connectivity index (χ1v) is 16.3. The van der Waals surface area contributed by atoms with Crippen LogP contribution in [-0.2, 0) is 15.1 Å². The lowest BCUT2D eigenvalue weighted by atomic mass is 9.70. The molecule has 4 heterocycles. The van der Waals surface area contributed by atoms with E-state index in [1.54, 1.807) is 0 Å². The van der Waals surface area contributed by atoms with Crippen molar-refractivity contribution in [2.24, 2.45) is 11.3 Å². The van der Waals surface area contributed by atoms with E-state index in [1.165, 1.54) is 66.5 Å². The third-order valence-electron chi connectivity index (χ3n) is 11.5. The van der Waals surface area contributed by atoms with E-state index in [9.17, 15) is 4.79 Å². The fourth-order valence-corrected chi connectivity index (χ4v) is 8.97. The number of fused-ring (bicyclic) bond motifs is 1. The molecule has 3 atom stereocenters. The molecule has 42 heavy (non-hydrogen) atoms. The number of carbonyl (C=O) groups is 1. The van der Waals surface area contributed by atoms with Gasteiger partial charge in [-0.25, -0.2) is 16.3 Å². The molecule has 0 aromatic heterocycles. The molecule has 8 rings (SSSR count). The van der Waals surface area contributed by atoms with Gasteiger partial charge in [0.1, 0.15) is 12.3 Å². The monoisotopic (exact) mass is 571 g/mol. The maximum absolute atomic E-state index is 12.8. The Labute approximate surface area is 249 Å². The number of benzene rings is 2. The van der Waals surface area contributed by atoms with Crippen LogP contribution in [0.2, 0.25) is 0 Å². The number of nitrogens with one attached hydrogen (secondary N) is 5. The topological polar surface area (TPSA) is 92.9 Å². The number of likely N-dealkylation sites (tertiary alicyclic amines) is 1. The number of anilines is 1. The molecule has 4 aliphatic heterocycles. The molecular formula is C33H45N7O2. The van der Waals surface area contributed by atoms with Crippen molar-refractivity contribution in [2.45, 2.75) is 87.9 Å². The molecule has 0 radical (unpaired) electrons. The largest absolute Gasteiger partial charge is 0.368 e. The highest BCUT2D eigenvalue weighted by atomic mass is 16.5. The summed E-state index contributed by atoms with van der Waals surface area (Å²) in [4.78, 5) is 14.9. The molecule has 1 spiro atoms. The van der Waals surface area contributed by atoms with E-state index in [4.69, 9.17) is 4.74 Å². The van der Waals surface area contributed by atoms with Gasteiger partial charge in [0, 0.05) is 32.3 Å². The quantitative estimate of drug-likeness (QED) is 0.370. The Morgan fingerprint density at radius 2 is 1.64 bits per heavy atom. The molecule has 1 amide bonds. The average Bonchev–Trinajstić information content (AvgIpc) is 3.52. The molecular weight excluding hydrogens is 526 g/mol. The van der Waals surface area contributed by atoms with Gasteiger partial charge in [-0.1, -0.05) is 55.7 Å². The normalized spacial score (nSPS) is 31.2. The van der Waals surface area contributed by atoms with Crippen LogP contribution in [0.15, 0.2) is 42.5 Å². The van der Waals surface area contributed by atoms with Crippen molar-refractivity contribution in [3.05, 3.63) is 53.6 Å². The molecule has 0 bridgehead atoms. The summed E-state index contributed by atoms with van der Waals surface area (Å²) in [5.41, 5.74) is 23.6. The minimum atomic E-state index is -0.228. The van der Waals surface area contributed by atoms with Crippen molar-refractivity contribution < 1.29 is 9.53 Å². The fraction of sp³-hybridized carbons (Fsp3) is 0.606. The van der Waals surface area contributed by atoms with Crippen LogP contribution in [0.5, 0.6) is 0 Å². The molecule has 5 fully saturated rings. The van der Waals surface area contributed by atoms with Crippen molar-refractivity contribution in [2.75, 3.05) is 31.8 Å². The van der Waals surface area contributed by atoms with Gasteiger partial charge in [-0.15, -0.1) is 0 Å². The second kappa shape index (κ2) is 10.6. The second-order valence-corrected chi connectivity index (χ2v) is 13.6. The molecule has 9 heteroatoms. The van der Waals surface area contributed by atoms with E-state index in [0.717, 1.165) is 45.4 Å². The molecule has 2 aromatic rings. The number of hydrogen-bond donors (Lipinski definition) is 5. The highest BCUT2D eigenvalue weighted by Gasteiger charge is 2.56. The molecule has 3 saturated heterocycles. The number of piperidine rings is 1. The minimum absolute atomic E-state index is 0.0290. The molecule has 5 N–H and O–H groups in total. The Morgan fingerprint density at radius 3 is 2.36 bits per heavy atom. The summed E-state index contributed by atoms with van der Waals surface area (Å²) >= 11 is 0. The van der Waals surface area contributed by atoms with Crippen molar-refractivity contribution in [1.29, 1.82) is 0 Å². The van der Waals surface area contributed by atoms with E-state index >= 15 is 0 Å². The summed E-state index contributed by atoms with van der Waals surface area (Å²) < 4.78 is 5.66. The minimum Gasteiger partial charge on any atom is -0.368 e. The van der Waals surface area contributed by atoms with Crippen LogP contribution in [0.1, 0.15) is 81.3 Å². The van der Waals surface area contributed by atoms with E-state index in [-0.39, 0.29) is 23.7 Å². The van der Waals surface area contributed by atoms with Gasteiger partial charge in [0.25, 0.3) is 5.91 Å². The zero-order chi connectivity index (χ0) is 28.3. The summed E-state index contributed by atoms with van der Waals surface area (Å²) in [6, 6.07) is 16.3. The van der Waals surface area contributed by atoms with Crippen molar-refractivity contribution >= 4 is 11.6 Å². The maximum atomic E-state index is 12.8. The van der Waals surface area contributed by atoms with Gasteiger partial charge < -0.3 is 14.6 Å². The van der Waals surface area contributed by atoms with Gasteiger partial charge in [0.15, 0.2) is 0 Å². The Kier molecular flexibility index (Phi) is 6.81. The number of hydrazine groups is 4. The van der Waals surface area contributed by atoms with Crippen molar-refractivity contribution in [3.63, 3.8) is 0 Å². The van der Waals surface area contributed by atoms with Crippen LogP contribution in [0.25, 0.3) is 11.1 Å². The van der Waals surface area contributed by atoms with E-state index in [2.05, 4.69) is 86.8 Å². The summed E-state index contributed by atoms with van der Waals surface area (Å²) in [5, 5.41) is 2.23. The lowest BCUT2D eigenvalue weighted by Gasteiger charge is -2.44. The Bertz CT molecular complexity index is 1310. The summed E-state index contributed by atoms with van der Waals surface area (Å²) in [6.45, 7) is 2.49. The van der Waals surface area contributed by atoms with Gasteiger partial charge in [-0.2, -0.15) is 11.1 Å². The van der Waals surface area contributed by atoms with Gasteiger partial charge >= 0.3 is 0 Å². The Morgan fingerprint density at radius 1 is 0.905 bits per heavy atom. The standard InChI is InChI=1S/C33H45N7O2/c1-39-28-20-24(13-14-26(28)33(36-39,31-34-37-38-35-31)25-6-3-2-4-7-25)22-9-11-23(12-10-22)27-21-32(27)15-17-40(18-16-32)30(41)29-8-5-19-42-29/h9-14,20,25,27,29,31,34-38H,2-8,15-19,21H2,1H3/t27-,29+,33?/m0/s1. The zero-order valence-electron chi connectivity index (χ0n) is 24.8. The molecule has 2 saturated carbocycles. The lowest BCUT2D eigenvalue weighted by molar-refractivity contribution is -0.142. The number of amides is 1. The maximum Gasteiger partial charge on any atom is 0.251 e. The third kappa shape index (κ3) is 4.40. The predicted octanol–water partition coefficient (Wildman–Crippen LogP) is 3.80. The SMILES string of the molecule is CN1NC(C2CCCCC2)(C2NNNN2)c2ccc(-c3ccc([C@@H]4CC45CCN(C(=O)[C@H]4CCCO4)CC5)cc3)cc21. The molecule has 1 unspecified atom stereocenters. The van der Waals surface area contributed by atoms with E-state index < -0.39 is 0 Å². The third-order valence-corrected chi connectivity index (χ3v) is 11.5. The number of rotatable bonds is 5. The molecule has 2 aromatic carbocycles. The molecule has 6 aliphatic rings. The van der Waals surface area contributed by atoms with Crippen LogP contribution in [0, 0.1) is 11.3 Å². The smallest absolute Gasteiger partial charge is 0.251 e. The average molecular weight is 572 g/mol. The zero-order valence-corrected chi connectivity index (χ0v) is 24.8. The highest BCUT2D eigenvalue weighted by Crippen LogP contribution is 2.65. The van der Waals surface area contributed by atoms with E-state index in [1.807, 2.05) is 0 Å². The van der Waals surface area contributed by atoms with Gasteiger partial charge in [0.05, 0.1) is 11.2 Å². The van der Waals surface area contributed by atoms with Crippen molar-refractivity contribution in [1.82, 2.24) is 32.2 Å². The summed E-state index contributed by atoms with van der Waals surface area (Å²) in [7, 11) is 2.15. The fourth-order valence-electron chi connectivity index (χ4n) is 8.97. The summed E-state index contributed by atoms with van der Waals surface area (Å²) in [6.07, 6.45) is 11.6. The summed E-state index contributed by atoms with van der Waals surface area (Å²) in [5.74, 6) is 1.38. The number of nitrogens with zero attached hydrogens (tertiary/aromatic N) is 2. The first kappa shape index (κ1) is 27.0. The number of ether oxygens (including phenoxy) is 1. The first-order valence-electron chi connectivity index (χ1n) is 16.3. The first-order chi connectivity index (χ1) is 20.6. The Balaban J connectivity index is 0.982. The molecule has 224 valence electrons. The Hall–Kier alpha value is -2.53. The lowest BCUT2D eigenvalue weighted by Crippen LogP contribution is -2.64. The van der Waals surface area contributed by atoms with Crippen LogP contribution < -0.4 is 32.4 Å².